The molecule has 1 heterocycles. The van der Waals surface area contributed by atoms with Crippen molar-refractivity contribution in [2.75, 3.05) is 18.6 Å². The number of anilines is 2. The number of nitrogen functional groups attached to an aromatic ring is 2. The molecule has 18 heavy (non-hydrogen) atoms. The van der Waals surface area contributed by atoms with Crippen molar-refractivity contribution in [3.8, 4) is 17.0 Å². The summed E-state index contributed by atoms with van der Waals surface area (Å²) in [5.74, 6) is -0.535. The zero-order valence-electron chi connectivity index (χ0n) is 9.51. The molecule has 1 aromatic carbocycles. The summed E-state index contributed by atoms with van der Waals surface area (Å²) in [7, 11) is 1.51. The minimum absolute atomic E-state index is 0.0945. The quantitative estimate of drug-likeness (QED) is 0.728. The zero-order chi connectivity index (χ0) is 13.3. The van der Waals surface area contributed by atoms with E-state index in [1.807, 2.05) is 0 Å². The fourth-order valence-electron chi connectivity index (χ4n) is 1.56. The first-order chi connectivity index (χ1) is 8.52. The molecule has 0 atom stereocenters. The number of aromatic nitrogens is 1. The van der Waals surface area contributed by atoms with Gasteiger partial charge in [0.1, 0.15) is 10.6 Å². The van der Waals surface area contributed by atoms with Gasteiger partial charge in [-0.1, -0.05) is 11.3 Å². The third-order valence-electron chi connectivity index (χ3n) is 2.34. The summed E-state index contributed by atoms with van der Waals surface area (Å²) in [6.45, 7) is 0. The number of aromatic carboxylic acids is 1. The minimum Gasteiger partial charge on any atom is -0.495 e. The summed E-state index contributed by atoms with van der Waals surface area (Å²) in [5, 5.41) is 9.27. The highest BCUT2D eigenvalue weighted by Gasteiger charge is 2.18. The van der Waals surface area contributed by atoms with E-state index in [4.69, 9.17) is 21.3 Å². The van der Waals surface area contributed by atoms with Crippen LogP contribution < -0.4 is 16.2 Å². The Labute approximate surface area is 107 Å². The zero-order valence-corrected chi connectivity index (χ0v) is 10.3. The first-order valence-electron chi connectivity index (χ1n) is 4.96. The second-order valence-corrected chi connectivity index (χ2v) is 4.52. The van der Waals surface area contributed by atoms with Crippen LogP contribution in [0.4, 0.5) is 10.8 Å². The van der Waals surface area contributed by atoms with Gasteiger partial charge in [-0.2, -0.15) is 0 Å². The molecule has 0 spiro atoms. The number of hydrogen-bond acceptors (Lipinski definition) is 6. The summed E-state index contributed by atoms with van der Waals surface area (Å²) in [4.78, 5) is 15.2. The van der Waals surface area contributed by atoms with Gasteiger partial charge >= 0.3 is 5.97 Å². The molecule has 0 aliphatic carbocycles. The highest BCUT2D eigenvalue weighted by Crippen LogP contribution is 2.33. The Morgan fingerprint density at radius 2 is 2.17 bits per heavy atom. The van der Waals surface area contributed by atoms with E-state index in [-0.39, 0.29) is 10.0 Å². The Kier molecular flexibility index (Phi) is 3.07. The topological polar surface area (TPSA) is 111 Å². The molecule has 0 bridgehead atoms. The number of hydrogen-bond donors (Lipinski definition) is 3. The number of benzene rings is 1. The predicted octanol–water partition coefficient (Wildman–Crippen LogP) is 1.68. The lowest BCUT2D eigenvalue weighted by Gasteiger charge is -2.06. The molecule has 0 aliphatic rings. The average Bonchev–Trinajstić information content (AvgIpc) is 2.71. The normalized spacial score (nSPS) is 10.3. The lowest BCUT2D eigenvalue weighted by molar-refractivity contribution is 0.0702. The minimum atomic E-state index is -1.06. The highest BCUT2D eigenvalue weighted by atomic mass is 32.1. The SMILES string of the molecule is COc1ccc(-c2nc(N)sc2C(=O)O)cc1N. The number of nitrogens with two attached hydrogens (primary N) is 2. The van der Waals surface area contributed by atoms with Crippen LogP contribution in [-0.2, 0) is 0 Å². The summed E-state index contributed by atoms with van der Waals surface area (Å²) >= 11 is 0.928. The number of thiazole rings is 1. The van der Waals surface area contributed by atoms with E-state index in [0.717, 1.165) is 11.3 Å². The van der Waals surface area contributed by atoms with E-state index in [2.05, 4.69) is 4.98 Å². The van der Waals surface area contributed by atoms with E-state index >= 15 is 0 Å². The van der Waals surface area contributed by atoms with Gasteiger partial charge in [-0.15, -0.1) is 0 Å². The molecule has 5 N–H and O–H groups in total. The van der Waals surface area contributed by atoms with E-state index in [0.29, 0.717) is 22.7 Å². The van der Waals surface area contributed by atoms with E-state index in [9.17, 15) is 4.79 Å². The Balaban J connectivity index is 2.55. The Morgan fingerprint density at radius 3 is 2.72 bits per heavy atom. The summed E-state index contributed by atoms with van der Waals surface area (Å²) in [5.41, 5.74) is 12.6. The molecule has 7 heteroatoms. The van der Waals surface area contributed by atoms with E-state index < -0.39 is 5.97 Å². The summed E-state index contributed by atoms with van der Waals surface area (Å²) in [6, 6.07) is 4.96. The van der Waals surface area contributed by atoms with Crippen molar-refractivity contribution in [3.05, 3.63) is 23.1 Å². The van der Waals surface area contributed by atoms with Gasteiger partial charge in [-0.25, -0.2) is 9.78 Å². The van der Waals surface area contributed by atoms with Crippen molar-refractivity contribution in [3.63, 3.8) is 0 Å². The lowest BCUT2D eigenvalue weighted by Crippen LogP contribution is -1.97. The molecule has 0 fully saturated rings. The van der Waals surface area contributed by atoms with Crippen LogP contribution in [0.2, 0.25) is 0 Å². The number of methoxy groups -OCH3 is 1. The maximum absolute atomic E-state index is 11.1. The molecule has 6 nitrogen and oxygen atoms in total. The molecule has 94 valence electrons. The van der Waals surface area contributed by atoms with Gasteiger partial charge in [0.15, 0.2) is 5.13 Å². The smallest absolute Gasteiger partial charge is 0.348 e. The average molecular weight is 265 g/mol. The largest absolute Gasteiger partial charge is 0.495 e. The van der Waals surface area contributed by atoms with Crippen molar-refractivity contribution < 1.29 is 14.6 Å². The second-order valence-electron chi connectivity index (χ2n) is 3.49. The number of rotatable bonds is 3. The van der Waals surface area contributed by atoms with Crippen LogP contribution in [0.1, 0.15) is 9.67 Å². The fourth-order valence-corrected chi connectivity index (χ4v) is 2.25. The molecular formula is C11H11N3O3S. The highest BCUT2D eigenvalue weighted by molar-refractivity contribution is 7.17. The molecular weight excluding hydrogens is 254 g/mol. The van der Waals surface area contributed by atoms with Crippen molar-refractivity contribution in [1.82, 2.24) is 4.98 Å². The van der Waals surface area contributed by atoms with Gasteiger partial charge in [-0.05, 0) is 18.2 Å². The molecule has 0 radical (unpaired) electrons. The van der Waals surface area contributed by atoms with Gasteiger partial charge in [-0.3, -0.25) is 0 Å². The van der Waals surface area contributed by atoms with Crippen LogP contribution in [0, 0.1) is 0 Å². The van der Waals surface area contributed by atoms with E-state index in [1.165, 1.54) is 7.11 Å². The molecule has 2 aromatic rings. The van der Waals surface area contributed by atoms with Gasteiger partial charge < -0.3 is 21.3 Å². The molecule has 0 saturated carbocycles. The molecule has 2 rings (SSSR count). The van der Waals surface area contributed by atoms with Crippen molar-refractivity contribution >= 4 is 28.1 Å². The number of nitrogens with zero attached hydrogens (tertiary/aromatic N) is 1. The van der Waals surface area contributed by atoms with Crippen LogP contribution >= 0.6 is 11.3 Å². The van der Waals surface area contributed by atoms with Crippen LogP contribution in [-0.4, -0.2) is 23.2 Å². The Hall–Kier alpha value is -2.28. The fraction of sp³-hybridized carbons (Fsp3) is 0.0909. The monoisotopic (exact) mass is 265 g/mol. The number of ether oxygens (including phenoxy) is 1. The van der Waals surface area contributed by atoms with Gasteiger partial charge in [0.2, 0.25) is 0 Å². The van der Waals surface area contributed by atoms with Crippen LogP contribution in [0.15, 0.2) is 18.2 Å². The Morgan fingerprint density at radius 1 is 1.44 bits per heavy atom. The molecule has 0 saturated heterocycles. The van der Waals surface area contributed by atoms with Crippen LogP contribution in [0.25, 0.3) is 11.3 Å². The van der Waals surface area contributed by atoms with Gasteiger partial charge in [0.25, 0.3) is 0 Å². The van der Waals surface area contributed by atoms with Gasteiger partial charge in [0.05, 0.1) is 18.5 Å². The summed E-state index contributed by atoms with van der Waals surface area (Å²) in [6.07, 6.45) is 0. The second kappa shape index (κ2) is 4.53. The standard InChI is InChI=1S/C11H11N3O3S/c1-17-7-3-2-5(4-6(7)12)8-9(10(15)16)18-11(13)14-8/h2-4H,12H2,1H3,(H2,13,14)(H,15,16). The van der Waals surface area contributed by atoms with Crippen molar-refractivity contribution in [2.24, 2.45) is 0 Å². The Bertz CT molecular complexity index is 610. The maximum atomic E-state index is 11.1. The number of carboxylic acids is 1. The van der Waals surface area contributed by atoms with Crippen LogP contribution in [0.5, 0.6) is 5.75 Å². The lowest BCUT2D eigenvalue weighted by atomic mass is 10.1. The van der Waals surface area contributed by atoms with Crippen molar-refractivity contribution in [1.29, 1.82) is 0 Å². The third-order valence-corrected chi connectivity index (χ3v) is 3.21. The molecule has 1 aromatic heterocycles. The third kappa shape index (κ3) is 2.07. The summed E-state index contributed by atoms with van der Waals surface area (Å²) < 4.78 is 5.03. The number of carboxylic acid groups (broad SMARTS) is 1. The van der Waals surface area contributed by atoms with E-state index in [1.54, 1.807) is 18.2 Å². The molecule has 0 unspecified atom stereocenters. The maximum Gasteiger partial charge on any atom is 0.348 e. The number of carbonyl (C=O) groups is 1. The molecule has 0 aliphatic heterocycles. The van der Waals surface area contributed by atoms with Crippen molar-refractivity contribution in [2.45, 2.75) is 0 Å². The van der Waals surface area contributed by atoms with Gasteiger partial charge in [0, 0.05) is 5.56 Å². The first kappa shape index (κ1) is 12.2. The van der Waals surface area contributed by atoms with Crippen LogP contribution in [0.3, 0.4) is 0 Å². The molecule has 0 amide bonds. The predicted molar refractivity (Wildman–Crippen MR) is 69.9 cm³/mol. The first-order valence-corrected chi connectivity index (χ1v) is 5.78.